The molecule has 1 aliphatic carbocycles. The van der Waals surface area contributed by atoms with Gasteiger partial charge in [0.05, 0.1) is 11.5 Å². The zero-order chi connectivity index (χ0) is 19.0. The average molecular weight is 388 g/mol. The second-order valence-corrected chi connectivity index (χ2v) is 9.32. The standard InChI is InChI=1S/C21H25NO4S/c1-2-26-21(23)20-17-9-5-6-10-18(13-17)22(20)27(24,25)19-12-11-15-7-3-4-8-16(15)14-19/h3-4,7-8,11-12,14,17-18,20H,2,5-6,9-10,13H2,1H3/t17-,18?,20?/m1/s1. The zero-order valence-electron chi connectivity index (χ0n) is 15.5. The summed E-state index contributed by atoms with van der Waals surface area (Å²) in [6.07, 6.45) is 4.47. The number of rotatable bonds is 4. The maximum atomic E-state index is 13.6. The van der Waals surface area contributed by atoms with Gasteiger partial charge < -0.3 is 4.74 Å². The van der Waals surface area contributed by atoms with Crippen LogP contribution in [-0.4, -0.2) is 37.4 Å². The molecule has 4 rings (SSSR count). The number of ether oxygens (including phenoxy) is 1. The van der Waals surface area contributed by atoms with Crippen molar-refractivity contribution in [3.63, 3.8) is 0 Å². The lowest BCUT2D eigenvalue weighted by Crippen LogP contribution is -2.47. The van der Waals surface area contributed by atoms with Crippen LogP contribution in [0.4, 0.5) is 0 Å². The van der Waals surface area contributed by atoms with Gasteiger partial charge in [-0.15, -0.1) is 0 Å². The number of benzene rings is 2. The molecule has 5 nitrogen and oxygen atoms in total. The third-order valence-corrected chi connectivity index (χ3v) is 7.77. The number of carbonyl (C=O) groups excluding carboxylic acids is 1. The number of fused-ring (bicyclic) bond motifs is 3. The van der Waals surface area contributed by atoms with Crippen LogP contribution in [0.5, 0.6) is 0 Å². The lowest BCUT2D eigenvalue weighted by atomic mass is 9.96. The van der Waals surface area contributed by atoms with E-state index in [1.54, 1.807) is 19.1 Å². The SMILES string of the molecule is CCOC(=O)C1[C@@H]2CCCCC(C2)N1S(=O)(=O)c1ccc2ccccc2c1. The van der Waals surface area contributed by atoms with Gasteiger partial charge in [-0.1, -0.05) is 43.2 Å². The van der Waals surface area contributed by atoms with Crippen molar-refractivity contribution in [1.29, 1.82) is 0 Å². The Morgan fingerprint density at radius 2 is 1.85 bits per heavy atom. The van der Waals surface area contributed by atoms with E-state index < -0.39 is 22.0 Å². The van der Waals surface area contributed by atoms with Crippen molar-refractivity contribution >= 4 is 26.8 Å². The van der Waals surface area contributed by atoms with Gasteiger partial charge in [-0.2, -0.15) is 4.31 Å². The summed E-state index contributed by atoms with van der Waals surface area (Å²) in [5, 5.41) is 1.88. The molecule has 2 unspecified atom stereocenters. The molecule has 3 atom stereocenters. The number of hydrogen-bond acceptors (Lipinski definition) is 4. The Hall–Kier alpha value is -1.92. The van der Waals surface area contributed by atoms with Gasteiger partial charge in [0.2, 0.25) is 10.0 Å². The number of carbonyl (C=O) groups is 1. The van der Waals surface area contributed by atoms with Gasteiger partial charge in [-0.25, -0.2) is 8.42 Å². The highest BCUT2D eigenvalue weighted by molar-refractivity contribution is 7.89. The summed E-state index contributed by atoms with van der Waals surface area (Å²) in [5.74, 6) is -0.358. The van der Waals surface area contributed by atoms with Crippen LogP contribution in [0.2, 0.25) is 0 Å². The normalized spacial score (nSPS) is 26.0. The summed E-state index contributed by atoms with van der Waals surface area (Å²) >= 11 is 0. The molecule has 144 valence electrons. The predicted octanol–water partition coefficient (Wildman–Crippen LogP) is 3.72. The minimum atomic E-state index is -3.78. The fourth-order valence-electron chi connectivity index (χ4n) is 4.64. The molecule has 27 heavy (non-hydrogen) atoms. The molecule has 2 bridgehead atoms. The van der Waals surface area contributed by atoms with E-state index in [9.17, 15) is 13.2 Å². The van der Waals surface area contributed by atoms with Crippen molar-refractivity contribution in [1.82, 2.24) is 4.31 Å². The molecule has 1 aliphatic heterocycles. The van der Waals surface area contributed by atoms with Crippen molar-refractivity contribution < 1.29 is 17.9 Å². The van der Waals surface area contributed by atoms with Gasteiger partial charge in [0.15, 0.2) is 0 Å². The molecule has 1 heterocycles. The molecule has 0 aromatic heterocycles. The average Bonchev–Trinajstić information content (AvgIpc) is 2.86. The topological polar surface area (TPSA) is 63.7 Å². The molecule has 0 radical (unpaired) electrons. The lowest BCUT2D eigenvalue weighted by molar-refractivity contribution is -0.148. The number of nitrogens with zero attached hydrogens (tertiary/aromatic N) is 1. The van der Waals surface area contributed by atoms with Crippen LogP contribution in [0, 0.1) is 5.92 Å². The van der Waals surface area contributed by atoms with Gasteiger partial charge >= 0.3 is 5.97 Å². The first-order valence-electron chi connectivity index (χ1n) is 9.71. The molecule has 1 saturated carbocycles. The van der Waals surface area contributed by atoms with E-state index in [2.05, 4.69) is 0 Å². The monoisotopic (exact) mass is 387 g/mol. The van der Waals surface area contributed by atoms with E-state index in [0.29, 0.717) is 0 Å². The highest BCUT2D eigenvalue weighted by Crippen LogP contribution is 2.42. The van der Waals surface area contributed by atoms with E-state index in [1.165, 1.54) is 4.31 Å². The summed E-state index contributed by atoms with van der Waals surface area (Å²) in [5.41, 5.74) is 0. The van der Waals surface area contributed by atoms with Gasteiger partial charge in [0, 0.05) is 6.04 Å². The van der Waals surface area contributed by atoms with Gasteiger partial charge in [-0.05, 0) is 55.0 Å². The summed E-state index contributed by atoms with van der Waals surface area (Å²) in [6.45, 7) is 2.02. The Morgan fingerprint density at radius 1 is 1.11 bits per heavy atom. The van der Waals surface area contributed by atoms with E-state index >= 15 is 0 Å². The summed E-state index contributed by atoms with van der Waals surface area (Å²) in [7, 11) is -3.78. The van der Waals surface area contributed by atoms with Gasteiger partial charge in [-0.3, -0.25) is 4.79 Å². The number of esters is 1. The highest BCUT2D eigenvalue weighted by atomic mass is 32.2. The van der Waals surface area contributed by atoms with Crippen LogP contribution >= 0.6 is 0 Å². The quantitative estimate of drug-likeness (QED) is 0.750. The first-order valence-corrected chi connectivity index (χ1v) is 11.2. The Bertz CT molecular complexity index is 956. The van der Waals surface area contributed by atoms with Crippen LogP contribution in [0.3, 0.4) is 0 Å². The first kappa shape index (κ1) is 18.4. The molecule has 2 fully saturated rings. The minimum absolute atomic E-state index is 0.0479. The number of hydrogen-bond donors (Lipinski definition) is 0. The molecule has 1 saturated heterocycles. The summed E-state index contributed by atoms with van der Waals surface area (Å²) in [4.78, 5) is 12.9. The third kappa shape index (κ3) is 3.25. The second kappa shape index (κ2) is 7.24. The summed E-state index contributed by atoms with van der Waals surface area (Å²) in [6, 6.07) is 12.1. The van der Waals surface area contributed by atoms with E-state index in [0.717, 1.165) is 42.9 Å². The molecule has 6 heteroatoms. The molecule has 0 amide bonds. The summed E-state index contributed by atoms with van der Waals surface area (Å²) < 4.78 is 33.9. The molecule has 0 N–H and O–H groups in total. The van der Waals surface area contributed by atoms with Crippen LogP contribution in [-0.2, 0) is 19.6 Å². The maximum Gasteiger partial charge on any atom is 0.324 e. The van der Waals surface area contributed by atoms with Crippen molar-refractivity contribution in [3.05, 3.63) is 42.5 Å². The Balaban J connectivity index is 1.77. The fraction of sp³-hybridized carbons (Fsp3) is 0.476. The highest BCUT2D eigenvalue weighted by Gasteiger charge is 2.52. The molecular formula is C21H25NO4S. The van der Waals surface area contributed by atoms with E-state index in [1.807, 2.05) is 30.3 Å². The molecule has 2 aromatic rings. The van der Waals surface area contributed by atoms with E-state index in [4.69, 9.17) is 4.74 Å². The van der Waals surface area contributed by atoms with E-state index in [-0.39, 0.29) is 23.5 Å². The largest absolute Gasteiger partial charge is 0.465 e. The van der Waals surface area contributed by atoms with Crippen molar-refractivity contribution in [2.24, 2.45) is 5.92 Å². The lowest BCUT2D eigenvalue weighted by Gasteiger charge is -2.31. The minimum Gasteiger partial charge on any atom is -0.465 e. The Labute approximate surface area is 160 Å². The second-order valence-electron chi connectivity index (χ2n) is 7.47. The Morgan fingerprint density at radius 3 is 2.63 bits per heavy atom. The maximum absolute atomic E-state index is 13.6. The van der Waals surface area contributed by atoms with Crippen molar-refractivity contribution in [3.8, 4) is 0 Å². The van der Waals surface area contributed by atoms with Gasteiger partial charge in [0.1, 0.15) is 6.04 Å². The smallest absolute Gasteiger partial charge is 0.324 e. The third-order valence-electron chi connectivity index (χ3n) is 5.84. The molecule has 2 aliphatic rings. The number of sulfonamides is 1. The fourth-order valence-corrected chi connectivity index (χ4v) is 6.54. The first-order chi connectivity index (χ1) is 13.0. The molecular weight excluding hydrogens is 362 g/mol. The van der Waals surface area contributed by atoms with Crippen molar-refractivity contribution in [2.45, 2.75) is 56.0 Å². The Kier molecular flexibility index (Phi) is 4.95. The zero-order valence-corrected chi connectivity index (χ0v) is 16.3. The van der Waals surface area contributed by atoms with Crippen molar-refractivity contribution in [2.75, 3.05) is 6.61 Å². The van der Waals surface area contributed by atoms with Crippen LogP contribution in [0.1, 0.15) is 39.0 Å². The molecule has 2 aromatic carbocycles. The van der Waals surface area contributed by atoms with Crippen LogP contribution in [0.15, 0.2) is 47.4 Å². The van der Waals surface area contributed by atoms with Crippen LogP contribution < -0.4 is 0 Å². The van der Waals surface area contributed by atoms with Crippen LogP contribution in [0.25, 0.3) is 10.8 Å². The van der Waals surface area contributed by atoms with Gasteiger partial charge in [0.25, 0.3) is 0 Å². The predicted molar refractivity (Wildman–Crippen MR) is 104 cm³/mol. The molecule has 0 spiro atoms.